The van der Waals surface area contributed by atoms with Crippen LogP contribution in [0.25, 0.3) is 0 Å². The molecule has 2 heterocycles. The molecular weight excluding hydrogens is 226 g/mol. The van der Waals surface area contributed by atoms with Crippen LogP contribution in [-0.4, -0.2) is 19.5 Å². The van der Waals surface area contributed by atoms with Crippen molar-refractivity contribution < 1.29 is 5.11 Å². The molecule has 4 heteroatoms. The summed E-state index contributed by atoms with van der Waals surface area (Å²) in [5.74, 6) is 0. The van der Waals surface area contributed by atoms with Crippen molar-refractivity contribution in [3.8, 4) is 0 Å². The second-order valence-electron chi connectivity index (χ2n) is 5.10. The van der Waals surface area contributed by atoms with Gasteiger partial charge in [-0.05, 0) is 37.8 Å². The average Bonchev–Trinajstić information content (AvgIpc) is 2.94. The van der Waals surface area contributed by atoms with Crippen LogP contribution in [0.2, 0.25) is 0 Å². The van der Waals surface area contributed by atoms with Gasteiger partial charge in [-0.1, -0.05) is 0 Å². The fourth-order valence-electron chi connectivity index (χ4n) is 2.74. The lowest BCUT2D eigenvalue weighted by atomic mass is 9.95. The Morgan fingerprint density at radius 3 is 3.11 bits per heavy atom. The van der Waals surface area contributed by atoms with Crippen molar-refractivity contribution in [2.45, 2.75) is 45.4 Å². The highest BCUT2D eigenvalue weighted by atomic mass is 16.3. The van der Waals surface area contributed by atoms with Gasteiger partial charge in [0.15, 0.2) is 0 Å². The monoisotopic (exact) mass is 245 g/mol. The van der Waals surface area contributed by atoms with E-state index in [1.807, 2.05) is 10.9 Å². The molecule has 0 aromatic carbocycles. The van der Waals surface area contributed by atoms with Crippen LogP contribution in [0.15, 0.2) is 24.7 Å². The van der Waals surface area contributed by atoms with Crippen molar-refractivity contribution in [2.24, 2.45) is 0 Å². The summed E-state index contributed by atoms with van der Waals surface area (Å²) >= 11 is 0. The van der Waals surface area contributed by atoms with Gasteiger partial charge in [0.2, 0.25) is 0 Å². The minimum Gasteiger partial charge on any atom is -0.388 e. The van der Waals surface area contributed by atoms with E-state index in [1.165, 1.54) is 11.3 Å². The predicted molar refractivity (Wildman–Crippen MR) is 69.3 cm³/mol. The van der Waals surface area contributed by atoms with E-state index >= 15 is 0 Å². The molecule has 0 aliphatic heterocycles. The van der Waals surface area contributed by atoms with Crippen molar-refractivity contribution in [1.82, 2.24) is 14.3 Å². The van der Waals surface area contributed by atoms with Gasteiger partial charge in [0.25, 0.3) is 0 Å². The third kappa shape index (κ3) is 2.08. The van der Waals surface area contributed by atoms with Gasteiger partial charge in [-0.3, -0.25) is 4.68 Å². The maximum atomic E-state index is 9.93. The van der Waals surface area contributed by atoms with Crippen LogP contribution in [0, 0.1) is 6.92 Å². The molecule has 1 aliphatic carbocycles. The predicted octanol–water partition coefficient (Wildman–Crippen LogP) is 2.06. The quantitative estimate of drug-likeness (QED) is 0.899. The molecule has 0 saturated carbocycles. The normalized spacial score (nSPS) is 18.9. The summed E-state index contributed by atoms with van der Waals surface area (Å²) in [5, 5.41) is 14.2. The van der Waals surface area contributed by atoms with Crippen molar-refractivity contribution in [3.63, 3.8) is 0 Å². The number of nitrogens with zero attached hydrogens (tertiary/aromatic N) is 3. The number of fused-ring (bicyclic) bond motifs is 1. The number of rotatable bonds is 3. The number of hydrogen-bond donors (Lipinski definition) is 1. The molecule has 0 radical (unpaired) electrons. The summed E-state index contributed by atoms with van der Waals surface area (Å²) in [6, 6.07) is 2.06. The Bertz CT molecular complexity index is 541. The lowest BCUT2D eigenvalue weighted by molar-refractivity contribution is 0.155. The van der Waals surface area contributed by atoms with Gasteiger partial charge in [-0.25, -0.2) is 0 Å². The van der Waals surface area contributed by atoms with Gasteiger partial charge in [-0.15, -0.1) is 0 Å². The van der Waals surface area contributed by atoms with Crippen molar-refractivity contribution in [2.75, 3.05) is 0 Å². The first-order valence-electron chi connectivity index (χ1n) is 6.59. The highest BCUT2D eigenvalue weighted by Gasteiger charge is 2.20. The first-order chi connectivity index (χ1) is 8.74. The number of hydrogen-bond acceptors (Lipinski definition) is 2. The van der Waals surface area contributed by atoms with Crippen molar-refractivity contribution >= 4 is 0 Å². The van der Waals surface area contributed by atoms with Gasteiger partial charge >= 0.3 is 0 Å². The number of aromatic nitrogens is 3. The molecule has 1 unspecified atom stereocenters. The molecule has 4 nitrogen and oxygen atoms in total. The topological polar surface area (TPSA) is 43.0 Å². The van der Waals surface area contributed by atoms with E-state index in [4.69, 9.17) is 0 Å². The van der Waals surface area contributed by atoms with E-state index in [9.17, 15) is 5.11 Å². The lowest BCUT2D eigenvalue weighted by Gasteiger charge is -2.20. The molecule has 96 valence electrons. The van der Waals surface area contributed by atoms with Crippen LogP contribution in [0.4, 0.5) is 0 Å². The second-order valence-corrected chi connectivity index (χ2v) is 5.10. The molecule has 0 fully saturated rings. The highest BCUT2D eigenvalue weighted by molar-refractivity contribution is 5.27. The standard InChI is InChI=1S/C14H19N3O/c1-11-9-15-17(10-11)8-7-16-6-5-12-13(16)3-2-4-14(12)18/h5-6,9-10,14,18H,2-4,7-8H2,1H3. The zero-order chi connectivity index (χ0) is 12.5. The highest BCUT2D eigenvalue weighted by Crippen LogP contribution is 2.30. The van der Waals surface area contributed by atoms with Crippen LogP contribution in [0.1, 0.15) is 35.8 Å². The minimum atomic E-state index is -0.262. The Balaban J connectivity index is 1.73. The molecule has 0 amide bonds. The Labute approximate surface area is 107 Å². The van der Waals surface area contributed by atoms with Gasteiger partial charge in [-0.2, -0.15) is 5.10 Å². The van der Waals surface area contributed by atoms with E-state index in [2.05, 4.69) is 35.0 Å². The van der Waals surface area contributed by atoms with E-state index < -0.39 is 0 Å². The summed E-state index contributed by atoms with van der Waals surface area (Å²) in [4.78, 5) is 0. The van der Waals surface area contributed by atoms with Crippen LogP contribution in [0.3, 0.4) is 0 Å². The molecule has 0 saturated heterocycles. The molecule has 2 aromatic rings. The number of aliphatic hydroxyl groups is 1. The molecule has 1 aliphatic rings. The zero-order valence-electron chi connectivity index (χ0n) is 10.7. The first kappa shape index (κ1) is 11.5. The summed E-state index contributed by atoms with van der Waals surface area (Å²) in [7, 11) is 0. The maximum absolute atomic E-state index is 9.93. The van der Waals surface area contributed by atoms with Gasteiger partial charge < -0.3 is 9.67 Å². The summed E-state index contributed by atoms with van der Waals surface area (Å²) in [6.45, 7) is 3.85. The van der Waals surface area contributed by atoms with Gasteiger partial charge in [0, 0.05) is 30.2 Å². The zero-order valence-corrected chi connectivity index (χ0v) is 10.7. The molecule has 2 aromatic heterocycles. The molecule has 0 spiro atoms. The fourth-order valence-corrected chi connectivity index (χ4v) is 2.74. The van der Waals surface area contributed by atoms with Gasteiger partial charge in [0.05, 0.1) is 18.8 Å². The third-order valence-electron chi connectivity index (χ3n) is 3.70. The Morgan fingerprint density at radius 2 is 2.33 bits per heavy atom. The van der Waals surface area contributed by atoms with E-state index in [-0.39, 0.29) is 6.10 Å². The molecule has 18 heavy (non-hydrogen) atoms. The second kappa shape index (κ2) is 4.61. The summed E-state index contributed by atoms with van der Waals surface area (Å²) in [6.07, 6.45) is 8.84. The lowest BCUT2D eigenvalue weighted by Crippen LogP contribution is -2.14. The minimum absolute atomic E-state index is 0.262. The molecular formula is C14H19N3O. The van der Waals surface area contributed by atoms with Crippen molar-refractivity contribution in [1.29, 1.82) is 0 Å². The van der Waals surface area contributed by atoms with E-state index in [0.29, 0.717) is 0 Å². The maximum Gasteiger partial charge on any atom is 0.0807 e. The van der Waals surface area contributed by atoms with E-state index in [0.717, 1.165) is 37.9 Å². The summed E-state index contributed by atoms with van der Waals surface area (Å²) < 4.78 is 4.23. The largest absolute Gasteiger partial charge is 0.388 e. The SMILES string of the molecule is Cc1cnn(CCn2ccc3c2CCCC3O)c1. The van der Waals surface area contributed by atoms with Crippen LogP contribution in [0.5, 0.6) is 0 Å². The number of aliphatic hydroxyl groups excluding tert-OH is 1. The first-order valence-corrected chi connectivity index (χ1v) is 6.59. The van der Waals surface area contributed by atoms with Gasteiger partial charge in [0.1, 0.15) is 0 Å². The smallest absolute Gasteiger partial charge is 0.0807 e. The molecule has 1 N–H and O–H groups in total. The average molecular weight is 245 g/mol. The molecule has 3 rings (SSSR count). The summed E-state index contributed by atoms with van der Waals surface area (Å²) in [5.41, 5.74) is 3.62. The fraction of sp³-hybridized carbons (Fsp3) is 0.500. The van der Waals surface area contributed by atoms with Crippen LogP contribution in [-0.2, 0) is 19.5 Å². The molecule has 1 atom stereocenters. The third-order valence-corrected chi connectivity index (χ3v) is 3.70. The Hall–Kier alpha value is -1.55. The van der Waals surface area contributed by atoms with Crippen LogP contribution >= 0.6 is 0 Å². The van der Waals surface area contributed by atoms with E-state index in [1.54, 1.807) is 0 Å². The molecule has 0 bridgehead atoms. The van der Waals surface area contributed by atoms with Crippen molar-refractivity contribution in [3.05, 3.63) is 41.5 Å². The number of aryl methyl sites for hydroxylation is 3. The van der Waals surface area contributed by atoms with Crippen LogP contribution < -0.4 is 0 Å². The Morgan fingerprint density at radius 1 is 1.44 bits per heavy atom. The Kier molecular flexibility index (Phi) is 2.96.